The molecule has 1 aromatic heterocycles. The van der Waals surface area contributed by atoms with Crippen molar-refractivity contribution in [2.75, 3.05) is 10.6 Å². The summed E-state index contributed by atoms with van der Waals surface area (Å²) < 4.78 is 0. The zero-order valence-electron chi connectivity index (χ0n) is 12.2. The van der Waals surface area contributed by atoms with Gasteiger partial charge in [-0.05, 0) is 48.9 Å². The third-order valence-electron chi connectivity index (χ3n) is 2.84. The van der Waals surface area contributed by atoms with Gasteiger partial charge in [-0.2, -0.15) is 0 Å². The molecule has 0 saturated heterocycles. The Bertz CT molecular complexity index is 664. The first kappa shape index (κ1) is 15.4. The molecule has 2 rings (SSSR count). The van der Waals surface area contributed by atoms with Crippen molar-refractivity contribution in [3.8, 4) is 0 Å². The van der Waals surface area contributed by atoms with Crippen LogP contribution >= 0.6 is 0 Å². The van der Waals surface area contributed by atoms with E-state index < -0.39 is 0 Å². The Hall–Kier alpha value is -2.95. The van der Waals surface area contributed by atoms with Crippen LogP contribution in [0.15, 0.2) is 60.9 Å². The maximum absolute atomic E-state index is 12.0. The molecule has 0 aliphatic heterocycles. The Morgan fingerprint density at radius 1 is 1.09 bits per heavy atom. The topological polar surface area (TPSA) is 71.1 Å². The Labute approximate surface area is 129 Å². The summed E-state index contributed by atoms with van der Waals surface area (Å²) in [6.07, 6.45) is 7.22. The molecule has 112 valence electrons. The molecular formula is C17H17N3O2. The molecule has 5 nitrogen and oxygen atoms in total. The van der Waals surface area contributed by atoms with Crippen LogP contribution in [0.25, 0.3) is 0 Å². The van der Waals surface area contributed by atoms with Gasteiger partial charge in [-0.1, -0.05) is 13.0 Å². The predicted molar refractivity (Wildman–Crippen MR) is 86.7 cm³/mol. The highest BCUT2D eigenvalue weighted by Crippen LogP contribution is 2.14. The minimum Gasteiger partial charge on any atom is -0.323 e. The summed E-state index contributed by atoms with van der Waals surface area (Å²) >= 11 is 0. The fourth-order valence-electron chi connectivity index (χ4n) is 1.75. The third kappa shape index (κ3) is 4.56. The van der Waals surface area contributed by atoms with Gasteiger partial charge in [-0.15, -0.1) is 0 Å². The van der Waals surface area contributed by atoms with E-state index in [4.69, 9.17) is 0 Å². The van der Waals surface area contributed by atoms with Crippen molar-refractivity contribution in [1.29, 1.82) is 0 Å². The maximum Gasteiger partial charge on any atom is 0.257 e. The van der Waals surface area contributed by atoms with Gasteiger partial charge in [-0.25, -0.2) is 0 Å². The number of amides is 2. The summed E-state index contributed by atoms with van der Waals surface area (Å²) in [4.78, 5) is 27.4. The fraction of sp³-hybridized carbons (Fsp3) is 0.118. The second kappa shape index (κ2) is 7.73. The lowest BCUT2D eigenvalue weighted by Gasteiger charge is -2.07. The number of hydrogen-bond acceptors (Lipinski definition) is 3. The summed E-state index contributed by atoms with van der Waals surface area (Å²) in [6.45, 7) is 1.96. The molecular weight excluding hydrogens is 278 g/mol. The number of pyridine rings is 1. The first-order valence-electron chi connectivity index (χ1n) is 6.98. The van der Waals surface area contributed by atoms with Gasteiger partial charge < -0.3 is 10.6 Å². The van der Waals surface area contributed by atoms with Crippen LogP contribution in [0.5, 0.6) is 0 Å². The van der Waals surface area contributed by atoms with Crippen molar-refractivity contribution in [2.45, 2.75) is 13.3 Å². The molecule has 0 aliphatic rings. The van der Waals surface area contributed by atoms with Gasteiger partial charge in [0.1, 0.15) is 0 Å². The molecule has 2 N–H and O–H groups in total. The van der Waals surface area contributed by atoms with Crippen molar-refractivity contribution in [3.05, 3.63) is 66.5 Å². The first-order valence-corrected chi connectivity index (χ1v) is 6.98. The quantitative estimate of drug-likeness (QED) is 0.832. The number of rotatable bonds is 5. The number of nitrogens with one attached hydrogen (secondary N) is 2. The largest absolute Gasteiger partial charge is 0.323 e. The van der Waals surface area contributed by atoms with Gasteiger partial charge in [0.25, 0.3) is 5.91 Å². The van der Waals surface area contributed by atoms with Crippen molar-refractivity contribution in [3.63, 3.8) is 0 Å². The lowest BCUT2D eigenvalue weighted by atomic mass is 10.2. The van der Waals surface area contributed by atoms with Crippen molar-refractivity contribution in [2.24, 2.45) is 0 Å². The van der Waals surface area contributed by atoms with Crippen LogP contribution in [-0.2, 0) is 4.79 Å². The van der Waals surface area contributed by atoms with E-state index in [1.54, 1.807) is 48.7 Å². The van der Waals surface area contributed by atoms with Gasteiger partial charge in [0, 0.05) is 23.8 Å². The second-order valence-corrected chi connectivity index (χ2v) is 4.57. The molecule has 5 heteroatoms. The summed E-state index contributed by atoms with van der Waals surface area (Å²) in [5.74, 6) is -0.398. The summed E-state index contributed by atoms with van der Waals surface area (Å²) in [6, 6.07) is 10.3. The van der Waals surface area contributed by atoms with Gasteiger partial charge in [0.15, 0.2) is 0 Å². The zero-order chi connectivity index (χ0) is 15.8. The van der Waals surface area contributed by atoms with E-state index in [1.807, 2.05) is 6.92 Å². The molecule has 0 aliphatic carbocycles. The monoisotopic (exact) mass is 295 g/mol. The highest BCUT2D eigenvalue weighted by atomic mass is 16.2. The molecule has 22 heavy (non-hydrogen) atoms. The van der Waals surface area contributed by atoms with E-state index >= 15 is 0 Å². The maximum atomic E-state index is 12.0. The van der Waals surface area contributed by atoms with Crippen LogP contribution in [0.3, 0.4) is 0 Å². The molecule has 0 fully saturated rings. The van der Waals surface area contributed by atoms with Crippen LogP contribution in [0.1, 0.15) is 23.7 Å². The first-order chi connectivity index (χ1) is 10.7. The highest BCUT2D eigenvalue weighted by Gasteiger charge is 2.05. The molecule has 0 atom stereocenters. The molecule has 0 saturated carbocycles. The Morgan fingerprint density at radius 2 is 1.77 bits per heavy atom. The van der Waals surface area contributed by atoms with Gasteiger partial charge in [0.2, 0.25) is 5.91 Å². The molecule has 0 spiro atoms. The van der Waals surface area contributed by atoms with E-state index in [0.717, 1.165) is 6.42 Å². The van der Waals surface area contributed by atoms with Crippen molar-refractivity contribution < 1.29 is 9.59 Å². The third-order valence-corrected chi connectivity index (χ3v) is 2.84. The van der Waals surface area contributed by atoms with Crippen molar-refractivity contribution >= 4 is 23.2 Å². The minimum atomic E-state index is -0.226. The number of nitrogens with zero attached hydrogens (tertiary/aromatic N) is 1. The number of anilines is 2. The summed E-state index contributed by atoms with van der Waals surface area (Å²) in [5.41, 5.74) is 1.81. The summed E-state index contributed by atoms with van der Waals surface area (Å²) in [5, 5.41) is 5.51. The Balaban J connectivity index is 1.96. The Morgan fingerprint density at radius 3 is 2.36 bits per heavy atom. The minimum absolute atomic E-state index is 0.172. The second-order valence-electron chi connectivity index (χ2n) is 4.57. The molecule has 1 aromatic carbocycles. The fourth-order valence-corrected chi connectivity index (χ4v) is 1.75. The number of carbonyl (C=O) groups excluding carboxylic acids is 2. The highest BCUT2D eigenvalue weighted by molar-refractivity contribution is 6.04. The number of hydrogen-bond donors (Lipinski definition) is 2. The molecule has 0 radical (unpaired) electrons. The molecule has 2 amide bonds. The lowest BCUT2D eigenvalue weighted by Crippen LogP contribution is -2.12. The number of carbonyl (C=O) groups is 2. The lowest BCUT2D eigenvalue weighted by molar-refractivity contribution is -0.111. The van der Waals surface area contributed by atoms with E-state index in [1.165, 1.54) is 12.3 Å². The standard InChI is InChI=1S/C17H17N3O2/c1-2-3-6-16(21)19-14-7-9-15(10-8-14)20-17(22)13-5-4-11-18-12-13/h3-12H,2H2,1H3,(H,19,21)(H,20,22)/b6-3+. The van der Waals surface area contributed by atoms with Gasteiger partial charge in [0.05, 0.1) is 5.56 Å². The predicted octanol–water partition coefficient (Wildman–Crippen LogP) is 3.24. The molecule has 2 aromatic rings. The number of benzene rings is 1. The number of allylic oxidation sites excluding steroid dienone is 1. The molecule has 0 bridgehead atoms. The van der Waals surface area contributed by atoms with E-state index in [-0.39, 0.29) is 11.8 Å². The van der Waals surface area contributed by atoms with Gasteiger partial charge in [-0.3, -0.25) is 14.6 Å². The SMILES string of the molecule is CC/C=C/C(=O)Nc1ccc(NC(=O)c2cccnc2)cc1. The van der Waals surface area contributed by atoms with E-state index in [9.17, 15) is 9.59 Å². The van der Waals surface area contributed by atoms with Crippen LogP contribution in [0, 0.1) is 0 Å². The average Bonchev–Trinajstić information content (AvgIpc) is 2.55. The molecule has 1 heterocycles. The van der Waals surface area contributed by atoms with Crippen LogP contribution in [-0.4, -0.2) is 16.8 Å². The van der Waals surface area contributed by atoms with Crippen LogP contribution in [0.4, 0.5) is 11.4 Å². The van der Waals surface area contributed by atoms with Crippen LogP contribution < -0.4 is 10.6 Å². The Kier molecular flexibility index (Phi) is 5.43. The normalized spacial score (nSPS) is 10.4. The molecule has 0 unspecified atom stereocenters. The van der Waals surface area contributed by atoms with E-state index in [2.05, 4.69) is 15.6 Å². The smallest absolute Gasteiger partial charge is 0.257 e. The zero-order valence-corrected chi connectivity index (χ0v) is 12.2. The van der Waals surface area contributed by atoms with Crippen molar-refractivity contribution in [1.82, 2.24) is 4.98 Å². The number of aromatic nitrogens is 1. The van der Waals surface area contributed by atoms with Crippen LogP contribution in [0.2, 0.25) is 0 Å². The average molecular weight is 295 g/mol. The van der Waals surface area contributed by atoms with E-state index in [0.29, 0.717) is 16.9 Å². The van der Waals surface area contributed by atoms with Gasteiger partial charge >= 0.3 is 0 Å². The summed E-state index contributed by atoms with van der Waals surface area (Å²) in [7, 11) is 0.